The molecule has 86 valence electrons. The quantitative estimate of drug-likeness (QED) is 0.488. The highest BCUT2D eigenvalue weighted by Gasteiger charge is 1.81. The second kappa shape index (κ2) is 18.3. The van der Waals surface area contributed by atoms with Gasteiger partial charge in [0.05, 0.1) is 6.61 Å². The zero-order chi connectivity index (χ0) is 11.1. The average Bonchev–Trinajstić information content (AvgIpc) is 2.21. The maximum Gasteiger partial charge on any atom is 0.293 e. The molecule has 0 spiro atoms. The van der Waals surface area contributed by atoms with Gasteiger partial charge in [0, 0.05) is 6.61 Å². The molecular formula is C11H24O3. The molecule has 0 aromatic carbocycles. The fraction of sp³-hybridized carbons (Fsp3) is 0.909. The fourth-order valence-electron chi connectivity index (χ4n) is 0.814. The number of hydrogen-bond acceptors (Lipinski definition) is 3. The van der Waals surface area contributed by atoms with Crippen molar-refractivity contribution in [3.8, 4) is 0 Å². The Labute approximate surface area is 87.5 Å². The van der Waals surface area contributed by atoms with Crippen LogP contribution in [-0.2, 0) is 9.53 Å². The molecule has 3 heteroatoms. The highest BCUT2D eigenvalue weighted by Crippen LogP contribution is 1.96. The van der Waals surface area contributed by atoms with Gasteiger partial charge in [-0.1, -0.05) is 39.5 Å². The molecule has 0 radical (unpaired) electrons. The van der Waals surface area contributed by atoms with Gasteiger partial charge in [-0.25, -0.2) is 0 Å². The third-order valence-corrected chi connectivity index (χ3v) is 1.70. The smallest absolute Gasteiger partial charge is 0.293 e. The topological polar surface area (TPSA) is 46.5 Å². The van der Waals surface area contributed by atoms with Crippen LogP contribution in [0.2, 0.25) is 0 Å². The maximum atomic E-state index is 9.46. The van der Waals surface area contributed by atoms with Gasteiger partial charge in [-0.2, -0.15) is 0 Å². The van der Waals surface area contributed by atoms with Crippen LogP contribution >= 0.6 is 0 Å². The lowest BCUT2D eigenvalue weighted by Crippen LogP contribution is -1.88. The SMILES string of the molecule is CCCCCCO.CCCCOC=O. The Kier molecular flexibility index (Phi) is 20.7. The minimum atomic E-state index is 0.361. The zero-order valence-electron chi connectivity index (χ0n) is 9.50. The third kappa shape index (κ3) is 22.5. The van der Waals surface area contributed by atoms with E-state index in [1.807, 2.05) is 6.92 Å². The van der Waals surface area contributed by atoms with E-state index >= 15 is 0 Å². The lowest BCUT2D eigenvalue weighted by molar-refractivity contribution is -0.128. The Morgan fingerprint density at radius 2 is 1.71 bits per heavy atom. The van der Waals surface area contributed by atoms with Crippen LogP contribution in [0.25, 0.3) is 0 Å². The van der Waals surface area contributed by atoms with Crippen molar-refractivity contribution in [1.82, 2.24) is 0 Å². The molecule has 0 aromatic rings. The number of aliphatic hydroxyl groups is 1. The summed E-state index contributed by atoms with van der Waals surface area (Å²) in [5.74, 6) is 0. The predicted molar refractivity (Wildman–Crippen MR) is 58.2 cm³/mol. The summed E-state index contributed by atoms with van der Waals surface area (Å²) < 4.78 is 4.39. The molecule has 0 rings (SSSR count). The lowest BCUT2D eigenvalue weighted by atomic mass is 10.2. The van der Waals surface area contributed by atoms with Crippen LogP contribution in [0.5, 0.6) is 0 Å². The van der Waals surface area contributed by atoms with E-state index in [9.17, 15) is 4.79 Å². The summed E-state index contributed by atoms with van der Waals surface area (Å²) in [6, 6.07) is 0. The Morgan fingerprint density at radius 1 is 1.07 bits per heavy atom. The van der Waals surface area contributed by atoms with Crippen molar-refractivity contribution in [1.29, 1.82) is 0 Å². The van der Waals surface area contributed by atoms with Crippen LogP contribution in [0.1, 0.15) is 52.4 Å². The molecule has 3 nitrogen and oxygen atoms in total. The predicted octanol–water partition coefficient (Wildman–Crippen LogP) is 2.52. The third-order valence-electron chi connectivity index (χ3n) is 1.70. The molecule has 0 bridgehead atoms. The summed E-state index contributed by atoms with van der Waals surface area (Å²) in [7, 11) is 0. The molecule has 14 heavy (non-hydrogen) atoms. The highest BCUT2D eigenvalue weighted by molar-refractivity contribution is 5.36. The first-order chi connectivity index (χ1) is 6.83. The highest BCUT2D eigenvalue weighted by atomic mass is 16.5. The van der Waals surface area contributed by atoms with Gasteiger partial charge < -0.3 is 9.84 Å². The molecule has 0 fully saturated rings. The van der Waals surface area contributed by atoms with E-state index < -0.39 is 0 Å². The molecule has 1 N–H and O–H groups in total. The number of rotatable bonds is 8. The molecule has 0 aliphatic heterocycles. The van der Waals surface area contributed by atoms with E-state index in [2.05, 4.69) is 11.7 Å². The van der Waals surface area contributed by atoms with Gasteiger partial charge in [-0.15, -0.1) is 0 Å². The fourth-order valence-corrected chi connectivity index (χ4v) is 0.814. The Hall–Kier alpha value is -0.570. The van der Waals surface area contributed by atoms with Crippen molar-refractivity contribution in [3.05, 3.63) is 0 Å². The summed E-state index contributed by atoms with van der Waals surface area (Å²) >= 11 is 0. The molecule has 0 aromatic heterocycles. The molecule has 0 aliphatic rings. The van der Waals surface area contributed by atoms with Crippen molar-refractivity contribution >= 4 is 6.47 Å². The first-order valence-corrected chi connectivity index (χ1v) is 5.49. The minimum absolute atomic E-state index is 0.361. The standard InChI is InChI=1S/C6H14O.C5H10O2/c1-2-3-4-5-6-7;1-2-3-4-7-5-6/h7H,2-6H2,1H3;5H,2-4H2,1H3. The number of aliphatic hydroxyl groups excluding tert-OH is 1. The molecule has 0 amide bonds. The molecule has 0 atom stereocenters. The normalized spacial score (nSPS) is 8.79. The van der Waals surface area contributed by atoms with Crippen molar-refractivity contribution in [2.45, 2.75) is 52.4 Å². The van der Waals surface area contributed by atoms with Crippen LogP contribution in [0.15, 0.2) is 0 Å². The van der Waals surface area contributed by atoms with E-state index in [0.717, 1.165) is 19.3 Å². The second-order valence-corrected chi connectivity index (χ2v) is 3.10. The van der Waals surface area contributed by atoms with Crippen LogP contribution in [0.4, 0.5) is 0 Å². The Morgan fingerprint density at radius 3 is 2.14 bits per heavy atom. The van der Waals surface area contributed by atoms with Crippen LogP contribution < -0.4 is 0 Å². The number of carbonyl (C=O) groups is 1. The van der Waals surface area contributed by atoms with Gasteiger partial charge in [0.1, 0.15) is 0 Å². The van der Waals surface area contributed by atoms with Crippen molar-refractivity contribution in [2.75, 3.05) is 13.2 Å². The second-order valence-electron chi connectivity index (χ2n) is 3.10. The molecular weight excluding hydrogens is 180 g/mol. The average molecular weight is 204 g/mol. The molecule has 0 unspecified atom stereocenters. The summed E-state index contributed by atoms with van der Waals surface area (Å²) in [4.78, 5) is 9.46. The van der Waals surface area contributed by atoms with Gasteiger partial charge in [0.25, 0.3) is 6.47 Å². The Balaban J connectivity index is 0. The van der Waals surface area contributed by atoms with Gasteiger partial charge in [0.2, 0.25) is 0 Å². The van der Waals surface area contributed by atoms with Crippen molar-refractivity contribution in [3.63, 3.8) is 0 Å². The van der Waals surface area contributed by atoms with E-state index in [1.165, 1.54) is 19.3 Å². The number of unbranched alkanes of at least 4 members (excludes halogenated alkanes) is 4. The van der Waals surface area contributed by atoms with Crippen molar-refractivity contribution in [2.24, 2.45) is 0 Å². The van der Waals surface area contributed by atoms with Gasteiger partial charge in [-0.3, -0.25) is 4.79 Å². The van der Waals surface area contributed by atoms with E-state index in [1.54, 1.807) is 0 Å². The van der Waals surface area contributed by atoms with Gasteiger partial charge in [-0.05, 0) is 12.8 Å². The van der Waals surface area contributed by atoms with Crippen molar-refractivity contribution < 1.29 is 14.6 Å². The largest absolute Gasteiger partial charge is 0.468 e. The van der Waals surface area contributed by atoms with Gasteiger partial charge in [0.15, 0.2) is 0 Å². The van der Waals surface area contributed by atoms with Gasteiger partial charge >= 0.3 is 0 Å². The number of hydrogen-bond donors (Lipinski definition) is 1. The number of carbonyl (C=O) groups excluding carboxylic acids is 1. The molecule has 0 heterocycles. The molecule has 0 aliphatic carbocycles. The van der Waals surface area contributed by atoms with Crippen LogP contribution in [0.3, 0.4) is 0 Å². The zero-order valence-corrected chi connectivity index (χ0v) is 9.50. The monoisotopic (exact) mass is 204 g/mol. The number of ether oxygens (including phenoxy) is 1. The van der Waals surface area contributed by atoms with Crippen LogP contribution in [-0.4, -0.2) is 24.8 Å². The lowest BCUT2D eigenvalue weighted by Gasteiger charge is -1.90. The minimum Gasteiger partial charge on any atom is -0.468 e. The Bertz CT molecular complexity index is 90.5. The maximum absolute atomic E-state index is 9.46. The molecule has 0 saturated heterocycles. The summed E-state index contributed by atoms with van der Waals surface area (Å²) in [6.07, 6.45) is 6.73. The van der Waals surface area contributed by atoms with E-state index in [-0.39, 0.29) is 0 Å². The first kappa shape index (κ1) is 15.9. The van der Waals surface area contributed by atoms with E-state index in [4.69, 9.17) is 5.11 Å². The molecule has 0 saturated carbocycles. The summed E-state index contributed by atoms with van der Waals surface area (Å²) in [5, 5.41) is 8.29. The van der Waals surface area contributed by atoms with Crippen LogP contribution in [0, 0.1) is 0 Å². The van der Waals surface area contributed by atoms with E-state index in [0.29, 0.717) is 19.7 Å². The summed E-state index contributed by atoms with van der Waals surface area (Å²) in [6.45, 7) is 5.63. The first-order valence-electron chi connectivity index (χ1n) is 5.49. The summed E-state index contributed by atoms with van der Waals surface area (Å²) in [5.41, 5.74) is 0.